The number of aromatic amines is 1. The maximum atomic E-state index is 4.76. The van der Waals surface area contributed by atoms with Crippen molar-refractivity contribution in [2.24, 2.45) is 0 Å². The minimum atomic E-state index is 0.264. The first-order valence-corrected chi connectivity index (χ1v) is 7.84. The van der Waals surface area contributed by atoms with Crippen molar-refractivity contribution in [3.05, 3.63) is 41.7 Å². The number of fused-ring (bicyclic) bond motifs is 2. The number of benzene rings is 1. The fourth-order valence-corrected chi connectivity index (χ4v) is 3.09. The molecule has 5 nitrogen and oxygen atoms in total. The van der Waals surface area contributed by atoms with Gasteiger partial charge in [-0.25, -0.2) is 4.98 Å². The van der Waals surface area contributed by atoms with Gasteiger partial charge in [0.05, 0.1) is 17.4 Å². The van der Waals surface area contributed by atoms with Gasteiger partial charge in [0.15, 0.2) is 0 Å². The summed E-state index contributed by atoms with van der Waals surface area (Å²) in [6, 6.07) is 8.66. The minimum Gasteiger partial charge on any atom is -0.278 e. The lowest BCUT2D eigenvalue weighted by Gasteiger charge is -2.12. The van der Waals surface area contributed by atoms with Crippen molar-refractivity contribution in [1.82, 2.24) is 25.0 Å². The summed E-state index contributed by atoms with van der Waals surface area (Å²) in [6.45, 7) is 8.40. The number of aryl methyl sites for hydroxylation is 2. The van der Waals surface area contributed by atoms with E-state index in [1.165, 1.54) is 5.56 Å². The Morgan fingerprint density at radius 2 is 1.96 bits per heavy atom. The molecule has 4 rings (SSSR count). The van der Waals surface area contributed by atoms with Gasteiger partial charge in [-0.1, -0.05) is 0 Å². The number of rotatable bonds is 2. The first-order chi connectivity index (χ1) is 11.0. The summed E-state index contributed by atoms with van der Waals surface area (Å²) in [5, 5.41) is 13.1. The van der Waals surface area contributed by atoms with Crippen LogP contribution in [0.1, 0.15) is 31.1 Å². The zero-order valence-corrected chi connectivity index (χ0v) is 13.8. The molecule has 0 amide bonds. The van der Waals surface area contributed by atoms with Crippen LogP contribution >= 0.6 is 0 Å². The zero-order chi connectivity index (χ0) is 16.1. The van der Waals surface area contributed by atoms with Gasteiger partial charge in [0.25, 0.3) is 0 Å². The van der Waals surface area contributed by atoms with Gasteiger partial charge in [-0.3, -0.25) is 9.78 Å². The number of hydrogen-bond acceptors (Lipinski definition) is 3. The van der Waals surface area contributed by atoms with Crippen molar-refractivity contribution in [3.8, 4) is 11.3 Å². The predicted octanol–water partition coefficient (Wildman–Crippen LogP) is 4.17. The first-order valence-electron chi connectivity index (χ1n) is 7.84. The van der Waals surface area contributed by atoms with Gasteiger partial charge < -0.3 is 0 Å². The molecule has 0 aliphatic rings. The molecular weight excluding hydrogens is 286 g/mol. The fourth-order valence-electron chi connectivity index (χ4n) is 3.09. The Kier molecular flexibility index (Phi) is 2.98. The molecule has 4 aromatic rings. The molecule has 0 aliphatic heterocycles. The van der Waals surface area contributed by atoms with Gasteiger partial charge in [0.1, 0.15) is 11.0 Å². The van der Waals surface area contributed by atoms with Gasteiger partial charge >= 0.3 is 0 Å². The van der Waals surface area contributed by atoms with Crippen LogP contribution in [0.5, 0.6) is 0 Å². The summed E-state index contributed by atoms with van der Waals surface area (Å²) in [5.74, 6) is 0. The molecule has 0 unspecified atom stereocenters. The van der Waals surface area contributed by atoms with E-state index in [9.17, 15) is 0 Å². The Bertz CT molecular complexity index is 1020. The number of hydrogen-bond donors (Lipinski definition) is 1. The molecule has 0 aliphatic carbocycles. The van der Waals surface area contributed by atoms with E-state index < -0.39 is 0 Å². The Balaban J connectivity index is 2.09. The summed E-state index contributed by atoms with van der Waals surface area (Å²) in [7, 11) is 0. The molecule has 1 N–H and O–H groups in total. The summed E-state index contributed by atoms with van der Waals surface area (Å²) in [5.41, 5.74) is 7.36. The molecule has 0 atom stereocenters. The maximum Gasteiger partial charge on any atom is 0.117 e. The van der Waals surface area contributed by atoms with E-state index in [4.69, 9.17) is 10.1 Å². The molecular formula is C18H19N5. The highest BCUT2D eigenvalue weighted by Gasteiger charge is 2.18. The lowest BCUT2D eigenvalue weighted by molar-refractivity contribution is 0.543. The smallest absolute Gasteiger partial charge is 0.117 e. The Labute approximate surface area is 134 Å². The Morgan fingerprint density at radius 3 is 2.74 bits per heavy atom. The monoisotopic (exact) mass is 305 g/mol. The summed E-state index contributed by atoms with van der Waals surface area (Å²) in [6.07, 6.45) is 1.86. The van der Waals surface area contributed by atoms with E-state index in [0.717, 1.165) is 38.9 Å². The normalized spacial score (nSPS) is 11.9. The van der Waals surface area contributed by atoms with Crippen LogP contribution in [0.15, 0.2) is 30.5 Å². The average Bonchev–Trinajstić information content (AvgIpc) is 3.10. The number of aromatic nitrogens is 5. The molecule has 5 heteroatoms. The Morgan fingerprint density at radius 1 is 1.13 bits per heavy atom. The molecule has 3 heterocycles. The van der Waals surface area contributed by atoms with Gasteiger partial charge in [-0.15, -0.1) is 0 Å². The predicted molar refractivity (Wildman–Crippen MR) is 92.5 cm³/mol. The molecule has 116 valence electrons. The second-order valence-electron chi connectivity index (χ2n) is 6.33. The number of nitrogens with one attached hydrogen (secondary N) is 1. The topological polar surface area (TPSA) is 59.4 Å². The minimum absolute atomic E-state index is 0.264. The number of nitrogens with zero attached hydrogens (tertiary/aromatic N) is 4. The third kappa shape index (κ3) is 2.11. The van der Waals surface area contributed by atoms with Crippen LogP contribution in [-0.2, 0) is 0 Å². The van der Waals surface area contributed by atoms with Crippen LogP contribution < -0.4 is 0 Å². The van der Waals surface area contributed by atoms with Crippen LogP contribution in [0.25, 0.3) is 33.2 Å². The van der Waals surface area contributed by atoms with E-state index in [-0.39, 0.29) is 6.04 Å². The van der Waals surface area contributed by atoms with Gasteiger partial charge in [0.2, 0.25) is 0 Å². The van der Waals surface area contributed by atoms with E-state index in [0.29, 0.717) is 0 Å². The molecule has 1 aromatic carbocycles. The second kappa shape index (κ2) is 4.91. The lowest BCUT2D eigenvalue weighted by Crippen LogP contribution is -2.05. The second-order valence-corrected chi connectivity index (χ2v) is 6.33. The van der Waals surface area contributed by atoms with Crippen LogP contribution in [0, 0.1) is 13.8 Å². The molecule has 23 heavy (non-hydrogen) atoms. The van der Waals surface area contributed by atoms with Crippen molar-refractivity contribution in [1.29, 1.82) is 0 Å². The molecule has 0 saturated carbocycles. The van der Waals surface area contributed by atoms with E-state index in [2.05, 4.69) is 47.8 Å². The molecule has 0 spiro atoms. The molecule has 0 bridgehead atoms. The van der Waals surface area contributed by atoms with E-state index in [1.807, 2.05) is 25.3 Å². The summed E-state index contributed by atoms with van der Waals surface area (Å²) < 4.78 is 2.07. The SMILES string of the molecule is Cc1ccc2nn(C(C)C)c(-c3cc(C)c4[nH]ncc4c3)c2n1. The van der Waals surface area contributed by atoms with Gasteiger partial charge in [0, 0.05) is 22.7 Å². The van der Waals surface area contributed by atoms with Crippen molar-refractivity contribution in [2.75, 3.05) is 0 Å². The molecule has 0 radical (unpaired) electrons. The largest absolute Gasteiger partial charge is 0.278 e. The van der Waals surface area contributed by atoms with E-state index >= 15 is 0 Å². The molecule has 0 fully saturated rings. The highest BCUT2D eigenvalue weighted by atomic mass is 15.3. The standard InChI is InChI=1S/C18H19N5/c1-10(2)23-18(17-15(22-23)6-5-12(4)20-17)13-7-11(3)16-14(8-13)9-19-21-16/h5-10H,1-4H3,(H,19,21). The van der Waals surface area contributed by atoms with Crippen LogP contribution in [0.2, 0.25) is 0 Å². The van der Waals surface area contributed by atoms with Gasteiger partial charge in [-0.2, -0.15) is 10.2 Å². The van der Waals surface area contributed by atoms with Crippen LogP contribution in [0.3, 0.4) is 0 Å². The van der Waals surface area contributed by atoms with Crippen molar-refractivity contribution >= 4 is 21.9 Å². The highest BCUT2D eigenvalue weighted by molar-refractivity contribution is 5.94. The summed E-state index contributed by atoms with van der Waals surface area (Å²) in [4.78, 5) is 4.75. The third-order valence-corrected chi connectivity index (χ3v) is 4.19. The van der Waals surface area contributed by atoms with Crippen LogP contribution in [0.4, 0.5) is 0 Å². The maximum absolute atomic E-state index is 4.76. The van der Waals surface area contributed by atoms with Gasteiger partial charge in [-0.05, 0) is 57.5 Å². The third-order valence-electron chi connectivity index (χ3n) is 4.19. The first kappa shape index (κ1) is 13.9. The van der Waals surface area contributed by atoms with E-state index in [1.54, 1.807) is 0 Å². The van der Waals surface area contributed by atoms with Crippen molar-refractivity contribution < 1.29 is 0 Å². The summed E-state index contributed by atoms with van der Waals surface area (Å²) >= 11 is 0. The quantitative estimate of drug-likeness (QED) is 0.604. The fraction of sp³-hybridized carbons (Fsp3) is 0.278. The zero-order valence-electron chi connectivity index (χ0n) is 13.8. The van der Waals surface area contributed by atoms with Crippen molar-refractivity contribution in [2.45, 2.75) is 33.7 Å². The Hall–Kier alpha value is -2.69. The van der Waals surface area contributed by atoms with Crippen LogP contribution in [-0.4, -0.2) is 25.0 Å². The number of pyridine rings is 1. The number of H-pyrrole nitrogens is 1. The highest BCUT2D eigenvalue weighted by Crippen LogP contribution is 2.33. The lowest BCUT2D eigenvalue weighted by atomic mass is 10.0. The van der Waals surface area contributed by atoms with Crippen molar-refractivity contribution in [3.63, 3.8) is 0 Å². The molecule has 0 saturated heterocycles. The molecule has 3 aromatic heterocycles. The average molecular weight is 305 g/mol.